The van der Waals surface area contributed by atoms with Gasteiger partial charge in [-0.15, -0.1) is 34.8 Å². The van der Waals surface area contributed by atoms with Crippen LogP contribution in [0.2, 0.25) is 0 Å². The number of nitrogens with one attached hydrogen (secondary N) is 1. The van der Waals surface area contributed by atoms with Gasteiger partial charge >= 0.3 is 5.97 Å². The Kier molecular flexibility index (Phi) is 12.2. The molecule has 0 spiro atoms. The molecule has 9 heteroatoms. The lowest BCUT2D eigenvalue weighted by molar-refractivity contribution is -0.145. The SMILES string of the molecule is CCOC(=O)[C@H](CC(C)C)N[P@](=O)(CCl)N(CCCl)CCCl. The van der Waals surface area contributed by atoms with Crippen LogP contribution in [-0.2, 0) is 14.1 Å². The molecule has 0 unspecified atom stereocenters. The van der Waals surface area contributed by atoms with Crippen LogP contribution in [0.25, 0.3) is 0 Å². The van der Waals surface area contributed by atoms with Gasteiger partial charge in [0.2, 0.25) is 7.44 Å². The summed E-state index contributed by atoms with van der Waals surface area (Å²) in [7, 11) is -3.15. The molecule has 0 aliphatic rings. The van der Waals surface area contributed by atoms with E-state index >= 15 is 0 Å². The van der Waals surface area contributed by atoms with Crippen molar-refractivity contribution in [3.05, 3.63) is 0 Å². The molecular weight excluding hydrogens is 369 g/mol. The van der Waals surface area contributed by atoms with E-state index in [2.05, 4.69) is 5.09 Å². The average Bonchev–Trinajstić information content (AvgIpc) is 2.46. The average molecular weight is 396 g/mol. The highest BCUT2D eigenvalue weighted by molar-refractivity contribution is 7.61. The summed E-state index contributed by atoms with van der Waals surface area (Å²) in [4.78, 5) is 12.1. The Hall–Kier alpha value is 0.490. The number of alkyl halides is 3. The third-order valence-corrected chi connectivity index (χ3v) is 6.60. The summed E-state index contributed by atoms with van der Waals surface area (Å²) in [5.74, 6) is 0.417. The van der Waals surface area contributed by atoms with Gasteiger partial charge in [-0.2, -0.15) is 0 Å². The van der Waals surface area contributed by atoms with E-state index in [0.717, 1.165) is 0 Å². The second-order valence-corrected chi connectivity index (χ2v) is 9.16. The van der Waals surface area contributed by atoms with E-state index in [4.69, 9.17) is 39.5 Å². The second kappa shape index (κ2) is 11.9. The van der Waals surface area contributed by atoms with E-state index in [9.17, 15) is 9.36 Å². The standard InChI is InChI=1S/C13H26Cl3N2O3P/c1-4-21-13(19)12(9-11(2)3)17-22(20,10-16)18(7-5-14)8-6-15/h11-12H,4-10H2,1-3H3,(H,17,20)/t12-,22+/m0/s1. The van der Waals surface area contributed by atoms with Crippen molar-refractivity contribution >= 4 is 48.2 Å². The molecule has 0 aromatic carbocycles. The maximum atomic E-state index is 13.1. The van der Waals surface area contributed by atoms with Gasteiger partial charge in [-0.1, -0.05) is 13.8 Å². The van der Waals surface area contributed by atoms with Gasteiger partial charge in [-0.3, -0.25) is 9.36 Å². The summed E-state index contributed by atoms with van der Waals surface area (Å²) in [6.07, 6.45) is 0.509. The quantitative estimate of drug-likeness (QED) is 0.310. The predicted molar refractivity (Wildman–Crippen MR) is 94.4 cm³/mol. The zero-order valence-electron chi connectivity index (χ0n) is 13.4. The van der Waals surface area contributed by atoms with Crippen molar-refractivity contribution in [3.63, 3.8) is 0 Å². The molecule has 0 aromatic rings. The van der Waals surface area contributed by atoms with E-state index < -0.39 is 19.5 Å². The molecule has 2 atom stereocenters. The number of nitrogens with zero attached hydrogens (tertiary/aromatic N) is 1. The molecule has 0 saturated heterocycles. The summed E-state index contributed by atoms with van der Waals surface area (Å²) < 4.78 is 19.8. The molecule has 132 valence electrons. The molecule has 0 saturated carbocycles. The lowest BCUT2D eigenvalue weighted by atomic mass is 10.1. The first-order valence-corrected chi connectivity index (χ1v) is 10.8. The molecule has 0 amide bonds. The molecule has 0 heterocycles. The van der Waals surface area contributed by atoms with Crippen molar-refractivity contribution in [1.82, 2.24) is 9.76 Å². The zero-order chi connectivity index (χ0) is 17.2. The Labute approximate surface area is 148 Å². The molecule has 22 heavy (non-hydrogen) atoms. The molecule has 0 fully saturated rings. The Bertz CT molecular complexity index is 366. The molecular formula is C13H26Cl3N2O3P. The van der Waals surface area contributed by atoms with Crippen LogP contribution in [0.5, 0.6) is 0 Å². The molecule has 0 bridgehead atoms. The minimum absolute atomic E-state index is 0.130. The van der Waals surface area contributed by atoms with Gasteiger partial charge in [-0.25, -0.2) is 9.76 Å². The molecule has 0 aliphatic carbocycles. The lowest BCUT2D eigenvalue weighted by Gasteiger charge is -2.32. The molecule has 0 radical (unpaired) electrons. The number of halogens is 3. The number of rotatable bonds is 12. The van der Waals surface area contributed by atoms with Gasteiger partial charge in [0.25, 0.3) is 0 Å². The van der Waals surface area contributed by atoms with Gasteiger partial charge < -0.3 is 4.74 Å². The van der Waals surface area contributed by atoms with Crippen LogP contribution in [0.1, 0.15) is 27.2 Å². The Morgan fingerprint density at radius 3 is 2.14 bits per heavy atom. The van der Waals surface area contributed by atoms with Crippen molar-refractivity contribution in [2.75, 3.05) is 37.1 Å². The first-order chi connectivity index (χ1) is 10.3. The third kappa shape index (κ3) is 7.85. The number of hydrogen-bond donors (Lipinski definition) is 1. The highest BCUT2D eigenvalue weighted by Gasteiger charge is 2.35. The van der Waals surface area contributed by atoms with Crippen LogP contribution >= 0.6 is 42.2 Å². The monoisotopic (exact) mass is 394 g/mol. The third-order valence-electron chi connectivity index (χ3n) is 2.94. The smallest absolute Gasteiger partial charge is 0.323 e. The van der Waals surface area contributed by atoms with Gasteiger partial charge in [0.15, 0.2) is 0 Å². The topological polar surface area (TPSA) is 58.6 Å². The van der Waals surface area contributed by atoms with Crippen LogP contribution in [0.15, 0.2) is 0 Å². The highest BCUT2D eigenvalue weighted by Crippen LogP contribution is 2.47. The van der Waals surface area contributed by atoms with E-state index in [1.54, 1.807) is 11.6 Å². The first kappa shape index (κ1) is 22.5. The Morgan fingerprint density at radius 2 is 1.77 bits per heavy atom. The van der Waals surface area contributed by atoms with Gasteiger partial charge in [0.1, 0.15) is 11.7 Å². The second-order valence-electron chi connectivity index (χ2n) is 5.22. The minimum Gasteiger partial charge on any atom is -0.465 e. The number of esters is 1. The maximum absolute atomic E-state index is 13.1. The minimum atomic E-state index is -3.15. The Balaban J connectivity index is 5.21. The lowest BCUT2D eigenvalue weighted by Crippen LogP contribution is -2.42. The van der Waals surface area contributed by atoms with Crippen LogP contribution in [0.4, 0.5) is 0 Å². The molecule has 0 aliphatic heterocycles. The van der Waals surface area contributed by atoms with Crippen molar-refractivity contribution in [3.8, 4) is 0 Å². The van der Waals surface area contributed by atoms with Gasteiger partial charge in [0.05, 0.1) is 6.61 Å². The van der Waals surface area contributed by atoms with Crippen LogP contribution in [0.3, 0.4) is 0 Å². The summed E-state index contributed by atoms with van der Waals surface area (Å²) in [6, 6.07) is -0.669. The van der Waals surface area contributed by atoms with E-state index in [1.165, 1.54) is 0 Å². The fraction of sp³-hybridized carbons (Fsp3) is 0.923. The van der Waals surface area contributed by atoms with E-state index in [1.807, 2.05) is 13.8 Å². The largest absolute Gasteiger partial charge is 0.465 e. The molecule has 0 aromatic heterocycles. The number of carbonyl (C=O) groups excluding carboxylic acids is 1. The number of hydrogen-bond acceptors (Lipinski definition) is 3. The van der Waals surface area contributed by atoms with Crippen molar-refractivity contribution < 1.29 is 14.1 Å². The zero-order valence-corrected chi connectivity index (χ0v) is 16.5. The maximum Gasteiger partial charge on any atom is 0.323 e. The van der Waals surface area contributed by atoms with Crippen molar-refractivity contribution in [2.24, 2.45) is 5.92 Å². The van der Waals surface area contributed by atoms with Crippen molar-refractivity contribution in [1.29, 1.82) is 0 Å². The molecule has 5 nitrogen and oxygen atoms in total. The number of ether oxygens (including phenoxy) is 1. The fourth-order valence-electron chi connectivity index (χ4n) is 1.98. The van der Waals surface area contributed by atoms with Crippen LogP contribution < -0.4 is 5.09 Å². The van der Waals surface area contributed by atoms with Gasteiger partial charge in [0, 0.05) is 24.8 Å². The summed E-state index contributed by atoms with van der Waals surface area (Å²) in [5, 5.41) is 2.92. The Morgan fingerprint density at radius 1 is 1.23 bits per heavy atom. The molecule has 0 rings (SSSR count). The summed E-state index contributed by atoms with van der Waals surface area (Å²) >= 11 is 17.5. The normalized spacial score (nSPS) is 15.8. The van der Waals surface area contributed by atoms with E-state index in [-0.39, 0.29) is 18.1 Å². The van der Waals surface area contributed by atoms with E-state index in [0.29, 0.717) is 31.3 Å². The van der Waals surface area contributed by atoms with Crippen LogP contribution in [0, 0.1) is 5.92 Å². The number of carbonyl (C=O) groups is 1. The molecule has 1 N–H and O–H groups in total. The first-order valence-electron chi connectivity index (χ1n) is 7.31. The van der Waals surface area contributed by atoms with Gasteiger partial charge in [-0.05, 0) is 19.3 Å². The highest BCUT2D eigenvalue weighted by atomic mass is 35.5. The summed E-state index contributed by atoms with van der Waals surface area (Å²) in [6.45, 7) is 6.72. The summed E-state index contributed by atoms with van der Waals surface area (Å²) in [5.41, 5.74) is -0.130. The predicted octanol–water partition coefficient (Wildman–Crippen LogP) is 3.72. The van der Waals surface area contributed by atoms with Crippen molar-refractivity contribution in [2.45, 2.75) is 33.2 Å². The van der Waals surface area contributed by atoms with Crippen LogP contribution in [-0.4, -0.2) is 53.8 Å². The fourth-order valence-corrected chi connectivity index (χ4v) is 5.21.